The quantitative estimate of drug-likeness (QED) is 0.922. The number of alkyl halides is 3. The van der Waals surface area contributed by atoms with E-state index in [4.69, 9.17) is 0 Å². The molecule has 3 nitrogen and oxygen atoms in total. The highest BCUT2D eigenvalue weighted by Crippen LogP contribution is 2.37. The molecule has 1 N–H and O–H groups in total. The van der Waals surface area contributed by atoms with Crippen LogP contribution in [0.4, 0.5) is 18.3 Å². The predicted molar refractivity (Wildman–Crippen MR) is 66.2 cm³/mol. The molecule has 0 spiro atoms. The first-order chi connectivity index (χ1) is 8.40. The van der Waals surface area contributed by atoms with Crippen molar-refractivity contribution in [3.8, 4) is 0 Å². The highest BCUT2D eigenvalue weighted by atomic mass is 32.1. The minimum Gasteiger partial charge on any atom is -0.342 e. The van der Waals surface area contributed by atoms with Crippen LogP contribution in [0, 0.1) is 0 Å². The monoisotopic (exact) mass is 279 g/mol. The summed E-state index contributed by atoms with van der Waals surface area (Å²) in [6.07, 6.45) is -1.27. The number of nitrogens with zero attached hydrogens (tertiary/aromatic N) is 2. The van der Waals surface area contributed by atoms with Gasteiger partial charge in [-0.3, -0.25) is 0 Å². The lowest BCUT2D eigenvalue weighted by Gasteiger charge is -2.20. The molecule has 2 rings (SSSR count). The van der Waals surface area contributed by atoms with Gasteiger partial charge in [0.15, 0.2) is 5.13 Å². The van der Waals surface area contributed by atoms with Crippen LogP contribution in [0.1, 0.15) is 29.5 Å². The van der Waals surface area contributed by atoms with E-state index in [1.165, 1.54) is 23.3 Å². The van der Waals surface area contributed by atoms with Crippen molar-refractivity contribution >= 4 is 16.5 Å². The molecule has 1 heterocycles. The second-order valence-electron chi connectivity index (χ2n) is 4.51. The molecule has 102 valence electrons. The van der Waals surface area contributed by atoms with Gasteiger partial charge in [0.25, 0.3) is 0 Å². The lowest BCUT2D eigenvalue weighted by atomic mass is 9.98. The maximum atomic E-state index is 12.3. The molecule has 0 fully saturated rings. The molecule has 1 unspecified atom stereocenters. The molecule has 1 atom stereocenters. The summed E-state index contributed by atoms with van der Waals surface area (Å²) in [5.41, 5.74) is 0.953. The lowest BCUT2D eigenvalue weighted by Crippen LogP contribution is -2.30. The lowest BCUT2D eigenvalue weighted by molar-refractivity contribution is -0.119. The zero-order valence-electron chi connectivity index (χ0n) is 10.3. The fourth-order valence-electron chi connectivity index (χ4n) is 2.18. The van der Waals surface area contributed by atoms with Gasteiger partial charge < -0.3 is 10.2 Å². The van der Waals surface area contributed by atoms with Crippen LogP contribution < -0.4 is 10.2 Å². The number of nitrogens with one attached hydrogen (secondary N) is 1. The van der Waals surface area contributed by atoms with Crippen molar-refractivity contribution in [3.05, 3.63) is 10.6 Å². The molecule has 0 saturated heterocycles. The number of aryl methyl sites for hydroxylation is 1. The smallest absolute Gasteiger partial charge is 0.342 e. The van der Waals surface area contributed by atoms with E-state index < -0.39 is 12.7 Å². The van der Waals surface area contributed by atoms with Crippen molar-refractivity contribution in [2.75, 3.05) is 25.5 Å². The Morgan fingerprint density at radius 3 is 2.83 bits per heavy atom. The molecular weight excluding hydrogens is 263 g/mol. The van der Waals surface area contributed by atoms with Crippen molar-refractivity contribution in [2.45, 2.75) is 31.5 Å². The SMILES string of the molecule is CNC1CCCc2nc(N(C)CC(F)(F)F)sc21. The summed E-state index contributed by atoms with van der Waals surface area (Å²) in [7, 11) is 3.31. The summed E-state index contributed by atoms with van der Waals surface area (Å²) in [4.78, 5) is 6.60. The Kier molecular flexibility index (Phi) is 3.82. The maximum absolute atomic E-state index is 12.3. The van der Waals surface area contributed by atoms with Gasteiger partial charge in [-0.25, -0.2) is 4.98 Å². The molecule has 1 aromatic heterocycles. The van der Waals surface area contributed by atoms with Gasteiger partial charge in [0.05, 0.1) is 5.69 Å². The summed E-state index contributed by atoms with van der Waals surface area (Å²) in [5.74, 6) is 0. The number of hydrogen-bond acceptors (Lipinski definition) is 4. The van der Waals surface area contributed by atoms with Gasteiger partial charge in [-0.2, -0.15) is 13.2 Å². The molecular formula is C11H16F3N3S. The number of rotatable bonds is 3. The van der Waals surface area contributed by atoms with Gasteiger partial charge >= 0.3 is 6.18 Å². The van der Waals surface area contributed by atoms with E-state index in [9.17, 15) is 13.2 Å². The van der Waals surface area contributed by atoms with Crippen molar-refractivity contribution < 1.29 is 13.2 Å². The second kappa shape index (κ2) is 5.05. The van der Waals surface area contributed by atoms with Crippen molar-refractivity contribution in [2.24, 2.45) is 0 Å². The number of anilines is 1. The van der Waals surface area contributed by atoms with Crippen LogP contribution >= 0.6 is 11.3 Å². The Morgan fingerprint density at radius 1 is 1.50 bits per heavy atom. The molecule has 7 heteroatoms. The summed E-state index contributed by atoms with van der Waals surface area (Å²) in [6.45, 7) is -0.955. The minimum absolute atomic E-state index is 0.235. The minimum atomic E-state index is -4.19. The van der Waals surface area contributed by atoms with Crippen LogP contribution in [0.3, 0.4) is 0 Å². The Labute approximate surface area is 108 Å². The maximum Gasteiger partial charge on any atom is 0.405 e. The van der Waals surface area contributed by atoms with Gasteiger partial charge in [0.1, 0.15) is 6.54 Å². The third-order valence-corrected chi connectivity index (χ3v) is 4.36. The Hall–Kier alpha value is -0.820. The molecule has 1 aliphatic rings. The first kappa shape index (κ1) is 13.6. The number of aromatic nitrogens is 1. The second-order valence-corrected chi connectivity index (χ2v) is 5.52. The first-order valence-electron chi connectivity index (χ1n) is 5.85. The third-order valence-electron chi connectivity index (χ3n) is 3.03. The summed E-state index contributed by atoms with van der Waals surface area (Å²) in [5, 5.41) is 3.65. The summed E-state index contributed by atoms with van der Waals surface area (Å²) >= 11 is 1.37. The van der Waals surface area contributed by atoms with Crippen molar-refractivity contribution in [1.82, 2.24) is 10.3 Å². The van der Waals surface area contributed by atoms with Crippen LogP contribution in [-0.4, -0.2) is 31.8 Å². The van der Waals surface area contributed by atoms with E-state index in [0.717, 1.165) is 29.8 Å². The highest BCUT2D eigenvalue weighted by molar-refractivity contribution is 7.15. The van der Waals surface area contributed by atoms with E-state index in [0.29, 0.717) is 5.13 Å². The zero-order chi connectivity index (χ0) is 13.3. The molecule has 0 bridgehead atoms. The average molecular weight is 279 g/mol. The fraction of sp³-hybridized carbons (Fsp3) is 0.727. The van der Waals surface area contributed by atoms with Crippen LogP contribution in [0.2, 0.25) is 0 Å². The molecule has 1 aliphatic carbocycles. The number of thiazole rings is 1. The normalized spacial score (nSPS) is 19.7. The van der Waals surface area contributed by atoms with Gasteiger partial charge in [0, 0.05) is 18.0 Å². The topological polar surface area (TPSA) is 28.2 Å². The molecule has 1 aromatic rings. The zero-order valence-corrected chi connectivity index (χ0v) is 11.2. The highest BCUT2D eigenvalue weighted by Gasteiger charge is 2.31. The fourth-order valence-corrected chi connectivity index (χ4v) is 3.40. The molecule has 18 heavy (non-hydrogen) atoms. The van der Waals surface area contributed by atoms with E-state index in [1.54, 1.807) is 0 Å². The van der Waals surface area contributed by atoms with Crippen LogP contribution in [-0.2, 0) is 6.42 Å². The molecule has 0 radical (unpaired) electrons. The Bertz CT molecular complexity index is 416. The number of fused-ring (bicyclic) bond motifs is 1. The molecule has 0 aliphatic heterocycles. The van der Waals surface area contributed by atoms with Crippen LogP contribution in [0.25, 0.3) is 0 Å². The van der Waals surface area contributed by atoms with Gasteiger partial charge in [-0.05, 0) is 26.3 Å². The Morgan fingerprint density at radius 2 is 2.22 bits per heavy atom. The predicted octanol–water partition coefficient (Wildman–Crippen LogP) is 2.74. The van der Waals surface area contributed by atoms with Crippen molar-refractivity contribution in [1.29, 1.82) is 0 Å². The first-order valence-corrected chi connectivity index (χ1v) is 6.67. The largest absolute Gasteiger partial charge is 0.405 e. The van der Waals surface area contributed by atoms with E-state index >= 15 is 0 Å². The van der Waals surface area contributed by atoms with E-state index in [2.05, 4.69) is 10.3 Å². The third kappa shape index (κ3) is 2.95. The molecule has 0 aromatic carbocycles. The Balaban J connectivity index is 2.18. The molecule has 0 saturated carbocycles. The van der Waals surface area contributed by atoms with Crippen molar-refractivity contribution in [3.63, 3.8) is 0 Å². The van der Waals surface area contributed by atoms with Gasteiger partial charge in [0.2, 0.25) is 0 Å². The molecule has 0 amide bonds. The number of hydrogen-bond donors (Lipinski definition) is 1. The standard InChI is InChI=1S/C11H16F3N3S/c1-15-7-4-3-5-8-9(7)18-10(16-8)17(2)6-11(12,13)14/h7,15H,3-6H2,1-2H3. The average Bonchev–Trinajstić information content (AvgIpc) is 2.70. The van der Waals surface area contributed by atoms with Crippen LogP contribution in [0.5, 0.6) is 0 Å². The van der Waals surface area contributed by atoms with Gasteiger partial charge in [-0.15, -0.1) is 0 Å². The summed E-state index contributed by atoms with van der Waals surface area (Å²) in [6, 6.07) is 0.235. The number of halogens is 3. The summed E-state index contributed by atoms with van der Waals surface area (Å²) < 4.78 is 37.0. The van der Waals surface area contributed by atoms with E-state index in [-0.39, 0.29) is 6.04 Å². The van der Waals surface area contributed by atoms with Gasteiger partial charge in [-0.1, -0.05) is 11.3 Å². The van der Waals surface area contributed by atoms with E-state index in [1.807, 2.05) is 7.05 Å². The van der Waals surface area contributed by atoms with Crippen LogP contribution in [0.15, 0.2) is 0 Å².